The van der Waals surface area contributed by atoms with Crippen LogP contribution in [0.1, 0.15) is 11.1 Å². The summed E-state index contributed by atoms with van der Waals surface area (Å²) in [6, 6.07) is 3.41. The van der Waals surface area contributed by atoms with E-state index in [1.807, 2.05) is 13.8 Å². The van der Waals surface area contributed by atoms with E-state index >= 15 is 0 Å². The van der Waals surface area contributed by atoms with E-state index in [2.05, 4.69) is 0 Å². The first kappa shape index (κ1) is 17.3. The number of hydrogen-bond acceptors (Lipinski definition) is 5. The molecule has 0 spiro atoms. The summed E-state index contributed by atoms with van der Waals surface area (Å²) in [4.78, 5) is 10.2. The van der Waals surface area contributed by atoms with E-state index in [1.54, 1.807) is 12.1 Å². The lowest BCUT2D eigenvalue weighted by Crippen LogP contribution is -1.92. The van der Waals surface area contributed by atoms with Gasteiger partial charge in [0.1, 0.15) is 11.5 Å². The van der Waals surface area contributed by atoms with Gasteiger partial charge in [0, 0.05) is 0 Å². The molecule has 0 bridgehead atoms. The van der Waals surface area contributed by atoms with Gasteiger partial charge < -0.3 is 17.9 Å². The third kappa shape index (κ3) is 2.62. The van der Waals surface area contributed by atoms with Crippen LogP contribution in [0, 0.1) is 13.8 Å². The summed E-state index contributed by atoms with van der Waals surface area (Å²) in [5.74, 6) is 0.791. The summed E-state index contributed by atoms with van der Waals surface area (Å²) in [5.41, 5.74) is 2.30. The normalized spacial score (nSPS) is 11.1. The molecule has 3 rings (SSSR count). The molecule has 0 saturated carbocycles. The number of benzene rings is 2. The van der Waals surface area contributed by atoms with Crippen molar-refractivity contribution in [1.82, 2.24) is 0 Å². The summed E-state index contributed by atoms with van der Waals surface area (Å²) in [5, 5.41) is 1.90. The van der Waals surface area contributed by atoms with Gasteiger partial charge in [0.05, 0.1) is 35.0 Å². The summed E-state index contributed by atoms with van der Waals surface area (Å²) < 4.78 is 22.2. The fraction of sp³-hybridized carbons (Fsp3) is 0.250. The van der Waals surface area contributed by atoms with Crippen molar-refractivity contribution in [3.8, 4) is 11.5 Å². The van der Waals surface area contributed by atoms with Gasteiger partial charge in [-0.3, -0.25) is 4.89 Å². The maximum absolute atomic E-state index is 10.2. The molecule has 3 aromatic rings. The van der Waals surface area contributed by atoms with E-state index in [9.17, 15) is 4.89 Å². The molecule has 128 valence electrons. The average molecular weight is 389 g/mol. The van der Waals surface area contributed by atoms with Gasteiger partial charge in [0.2, 0.25) is 0 Å². The van der Waals surface area contributed by atoms with Crippen molar-refractivity contribution >= 4 is 53.4 Å². The second kappa shape index (κ2) is 6.41. The van der Waals surface area contributed by atoms with Gasteiger partial charge in [-0.2, -0.15) is 0 Å². The van der Waals surface area contributed by atoms with Crippen LogP contribution in [-0.4, -0.2) is 19.1 Å². The van der Waals surface area contributed by atoms with Gasteiger partial charge in [-0.05, 0) is 37.1 Å². The molecule has 1 heterocycles. The van der Waals surface area contributed by atoms with E-state index in [0.29, 0.717) is 43.5 Å². The molecule has 0 saturated heterocycles. The highest BCUT2D eigenvalue weighted by molar-refractivity contribution is 7.30. The number of hydrogen-bond donors (Lipinski definition) is 1. The molecule has 0 unspecified atom stereocenters. The Bertz CT molecular complexity index is 919. The van der Waals surface area contributed by atoms with E-state index in [1.165, 1.54) is 14.2 Å². The van der Waals surface area contributed by atoms with Gasteiger partial charge in [-0.1, -0.05) is 23.2 Å². The highest BCUT2D eigenvalue weighted by atomic mass is 35.5. The molecule has 0 radical (unpaired) electrons. The summed E-state index contributed by atoms with van der Waals surface area (Å²) in [6.07, 6.45) is 0. The van der Waals surface area contributed by atoms with Crippen LogP contribution in [0.5, 0.6) is 11.5 Å². The van der Waals surface area contributed by atoms with Crippen LogP contribution in [0.25, 0.3) is 21.9 Å². The number of ether oxygens (including phenoxy) is 2. The first-order valence-corrected chi connectivity index (χ1v) is 8.87. The fourth-order valence-electron chi connectivity index (χ4n) is 2.75. The Morgan fingerprint density at radius 3 is 1.58 bits per heavy atom. The third-order valence-corrected chi connectivity index (χ3v) is 4.98. The minimum absolute atomic E-state index is 0.396. The molecule has 0 amide bonds. The standard InChI is InChI=1S/C16H15Cl2O5P/c1-7-5-9(17)15(20-3)11-12-14(23-24(19)22-13(7)11)8(2)6-10(18)16(12)21-4/h5-6,19H,1-4H3. The number of halogens is 2. The molecule has 0 aliphatic carbocycles. The van der Waals surface area contributed by atoms with Gasteiger partial charge in [0.25, 0.3) is 0 Å². The van der Waals surface area contributed by atoms with E-state index in [-0.39, 0.29) is 0 Å². The van der Waals surface area contributed by atoms with Crippen molar-refractivity contribution in [3.05, 3.63) is 33.3 Å². The van der Waals surface area contributed by atoms with E-state index < -0.39 is 8.24 Å². The van der Waals surface area contributed by atoms with Crippen LogP contribution >= 0.6 is 31.4 Å². The second-order valence-electron chi connectivity index (χ2n) is 5.25. The Balaban J connectivity index is 2.82. The van der Waals surface area contributed by atoms with Gasteiger partial charge in [0.15, 0.2) is 11.2 Å². The SMILES string of the molecule is COc1c(Cl)cc(C)c2op(O)oc3c(C)cc(Cl)c(OC)c3c12. The largest absolute Gasteiger partial charge is 0.494 e. The van der Waals surface area contributed by atoms with Gasteiger partial charge in [-0.15, -0.1) is 0 Å². The second-order valence-corrected chi connectivity index (χ2v) is 6.90. The van der Waals surface area contributed by atoms with Crippen LogP contribution < -0.4 is 9.47 Å². The first-order chi connectivity index (χ1) is 11.4. The molecule has 0 fully saturated rings. The van der Waals surface area contributed by atoms with Gasteiger partial charge in [-0.25, -0.2) is 0 Å². The molecule has 0 aliphatic heterocycles. The van der Waals surface area contributed by atoms with E-state index in [4.69, 9.17) is 41.1 Å². The zero-order valence-electron chi connectivity index (χ0n) is 13.4. The summed E-state index contributed by atoms with van der Waals surface area (Å²) >= 11 is 12.7. The highest BCUT2D eigenvalue weighted by Gasteiger charge is 2.21. The Labute approximate surface area is 149 Å². The van der Waals surface area contributed by atoms with Crippen molar-refractivity contribution in [2.24, 2.45) is 0 Å². The number of rotatable bonds is 2. The average Bonchev–Trinajstić information content (AvgIpc) is 2.66. The maximum atomic E-state index is 10.2. The predicted molar refractivity (Wildman–Crippen MR) is 96.5 cm³/mol. The molecular formula is C16H15Cl2O5P. The summed E-state index contributed by atoms with van der Waals surface area (Å²) in [7, 11) is 0.840. The Kier molecular flexibility index (Phi) is 4.63. The van der Waals surface area contributed by atoms with Crippen molar-refractivity contribution in [3.63, 3.8) is 0 Å². The molecule has 2 aromatic carbocycles. The molecule has 0 atom stereocenters. The van der Waals surface area contributed by atoms with Crippen LogP contribution in [0.15, 0.2) is 20.5 Å². The molecule has 0 aliphatic rings. The van der Waals surface area contributed by atoms with Crippen LogP contribution in [0.4, 0.5) is 0 Å². The summed E-state index contributed by atoms with van der Waals surface area (Å²) in [6.45, 7) is 3.64. The quantitative estimate of drug-likeness (QED) is 0.584. The smallest absolute Gasteiger partial charge is 0.384 e. The monoisotopic (exact) mass is 388 g/mol. The van der Waals surface area contributed by atoms with Gasteiger partial charge >= 0.3 is 8.24 Å². The Morgan fingerprint density at radius 2 is 1.25 bits per heavy atom. The molecular weight excluding hydrogens is 374 g/mol. The number of fused-ring (bicyclic) bond motifs is 3. The number of aryl methyl sites for hydroxylation is 2. The minimum atomic E-state index is -2.18. The molecule has 5 nitrogen and oxygen atoms in total. The molecule has 24 heavy (non-hydrogen) atoms. The van der Waals surface area contributed by atoms with Crippen LogP contribution in [0.2, 0.25) is 10.0 Å². The fourth-order valence-corrected chi connectivity index (χ4v) is 4.24. The van der Waals surface area contributed by atoms with Crippen molar-refractivity contribution < 1.29 is 22.8 Å². The zero-order chi connectivity index (χ0) is 17.6. The molecule has 1 N–H and O–H groups in total. The zero-order valence-corrected chi connectivity index (χ0v) is 15.8. The Hall–Kier alpha value is -1.52. The highest BCUT2D eigenvalue weighted by Crippen LogP contribution is 2.47. The topological polar surface area (TPSA) is 65.0 Å². The van der Waals surface area contributed by atoms with Crippen molar-refractivity contribution in [1.29, 1.82) is 0 Å². The van der Waals surface area contributed by atoms with Crippen molar-refractivity contribution in [2.45, 2.75) is 13.8 Å². The lowest BCUT2D eigenvalue weighted by Gasteiger charge is -2.12. The first-order valence-electron chi connectivity index (χ1n) is 6.98. The molecule has 1 aromatic heterocycles. The lowest BCUT2D eigenvalue weighted by atomic mass is 10.0. The maximum Gasteiger partial charge on any atom is 0.384 e. The predicted octanol–water partition coefficient (Wildman–Crippen LogP) is 5.99. The van der Waals surface area contributed by atoms with Crippen LogP contribution in [0.3, 0.4) is 0 Å². The van der Waals surface area contributed by atoms with Crippen molar-refractivity contribution in [2.75, 3.05) is 14.2 Å². The number of methoxy groups -OCH3 is 2. The molecule has 8 heteroatoms. The minimum Gasteiger partial charge on any atom is -0.494 e. The Morgan fingerprint density at radius 1 is 0.875 bits per heavy atom. The lowest BCUT2D eigenvalue weighted by molar-refractivity contribution is 0.416. The third-order valence-electron chi connectivity index (χ3n) is 3.74. The van der Waals surface area contributed by atoms with Crippen LogP contribution in [-0.2, 0) is 0 Å². The van der Waals surface area contributed by atoms with E-state index in [0.717, 1.165) is 11.1 Å².